The molecule has 1 rings (SSSR count). The lowest BCUT2D eigenvalue weighted by Gasteiger charge is -2.02. The molecule has 62 valence electrons. The maximum Gasteiger partial charge on any atom is 0.0647 e. The standard InChI is InChI=1S/C11H14Si/c1-4-5-10-6-8-11(9-7-10)12(2)3/h6-9,12H,1-3H3. The molecule has 0 aliphatic carbocycles. The van der Waals surface area contributed by atoms with Crippen molar-refractivity contribution in [1.82, 2.24) is 0 Å². The Labute approximate surface area is 76.2 Å². The van der Waals surface area contributed by atoms with Gasteiger partial charge in [0.15, 0.2) is 0 Å². The lowest BCUT2D eigenvalue weighted by atomic mass is 10.2. The van der Waals surface area contributed by atoms with Gasteiger partial charge in [0, 0.05) is 5.56 Å². The summed E-state index contributed by atoms with van der Waals surface area (Å²) < 4.78 is 0. The number of hydrogen-bond acceptors (Lipinski definition) is 0. The van der Waals surface area contributed by atoms with Crippen LogP contribution in [0.1, 0.15) is 12.5 Å². The average molecular weight is 174 g/mol. The summed E-state index contributed by atoms with van der Waals surface area (Å²) in [6.45, 7) is 6.53. The summed E-state index contributed by atoms with van der Waals surface area (Å²) in [6, 6.07) is 8.63. The van der Waals surface area contributed by atoms with Crippen molar-refractivity contribution in [3.8, 4) is 11.8 Å². The number of benzene rings is 1. The summed E-state index contributed by atoms with van der Waals surface area (Å²) in [4.78, 5) is 0. The molecule has 1 heteroatoms. The Balaban J connectivity index is 2.90. The molecule has 0 radical (unpaired) electrons. The summed E-state index contributed by atoms with van der Waals surface area (Å²) in [5.74, 6) is 5.93. The first kappa shape index (κ1) is 9.09. The molecule has 0 fully saturated rings. The van der Waals surface area contributed by atoms with Crippen molar-refractivity contribution in [2.75, 3.05) is 0 Å². The van der Waals surface area contributed by atoms with Crippen LogP contribution in [0.5, 0.6) is 0 Å². The van der Waals surface area contributed by atoms with Crippen LogP contribution in [0.4, 0.5) is 0 Å². The fourth-order valence-electron chi connectivity index (χ4n) is 1.10. The molecule has 0 aromatic heterocycles. The molecule has 0 amide bonds. The summed E-state index contributed by atoms with van der Waals surface area (Å²) in [5, 5.41) is 1.51. The zero-order valence-electron chi connectivity index (χ0n) is 7.89. The van der Waals surface area contributed by atoms with Gasteiger partial charge in [-0.25, -0.2) is 0 Å². The monoisotopic (exact) mass is 174 g/mol. The molecular weight excluding hydrogens is 160 g/mol. The minimum absolute atomic E-state index is 0.618. The van der Waals surface area contributed by atoms with E-state index in [2.05, 4.69) is 49.2 Å². The summed E-state index contributed by atoms with van der Waals surface area (Å²) in [7, 11) is -0.618. The van der Waals surface area contributed by atoms with Gasteiger partial charge in [-0.15, -0.1) is 5.92 Å². The van der Waals surface area contributed by atoms with E-state index in [-0.39, 0.29) is 0 Å². The Morgan fingerprint density at radius 2 is 1.67 bits per heavy atom. The van der Waals surface area contributed by atoms with Crippen LogP contribution in [-0.2, 0) is 0 Å². The topological polar surface area (TPSA) is 0 Å². The molecule has 12 heavy (non-hydrogen) atoms. The third-order valence-corrected chi connectivity index (χ3v) is 3.56. The van der Waals surface area contributed by atoms with E-state index in [0.717, 1.165) is 5.56 Å². The molecule has 0 atom stereocenters. The van der Waals surface area contributed by atoms with Crippen molar-refractivity contribution in [2.45, 2.75) is 20.0 Å². The van der Waals surface area contributed by atoms with Crippen LogP contribution in [0, 0.1) is 11.8 Å². The zero-order chi connectivity index (χ0) is 8.97. The van der Waals surface area contributed by atoms with Crippen LogP contribution < -0.4 is 5.19 Å². The highest BCUT2D eigenvalue weighted by Crippen LogP contribution is 1.95. The minimum atomic E-state index is -0.618. The van der Waals surface area contributed by atoms with E-state index in [4.69, 9.17) is 0 Å². The molecule has 0 saturated heterocycles. The van der Waals surface area contributed by atoms with Gasteiger partial charge in [0.1, 0.15) is 0 Å². The summed E-state index contributed by atoms with van der Waals surface area (Å²) in [5.41, 5.74) is 1.12. The quantitative estimate of drug-likeness (QED) is 0.449. The second-order valence-electron chi connectivity index (χ2n) is 3.15. The molecule has 0 unspecified atom stereocenters. The van der Waals surface area contributed by atoms with Crippen molar-refractivity contribution >= 4 is 14.0 Å². The number of rotatable bonds is 1. The van der Waals surface area contributed by atoms with Gasteiger partial charge in [-0.3, -0.25) is 0 Å². The zero-order valence-corrected chi connectivity index (χ0v) is 9.04. The molecule has 0 nitrogen and oxygen atoms in total. The maximum atomic E-state index is 3.04. The first-order valence-corrected chi connectivity index (χ1v) is 7.15. The fraction of sp³-hybridized carbons (Fsp3) is 0.273. The third-order valence-electron chi connectivity index (χ3n) is 1.85. The van der Waals surface area contributed by atoms with E-state index < -0.39 is 8.80 Å². The molecular formula is C11H14Si. The molecule has 0 spiro atoms. The van der Waals surface area contributed by atoms with Gasteiger partial charge in [0.2, 0.25) is 0 Å². The minimum Gasteiger partial charge on any atom is -0.101 e. The number of hydrogen-bond donors (Lipinski definition) is 0. The lowest BCUT2D eigenvalue weighted by molar-refractivity contribution is 1.67. The first-order chi connectivity index (χ1) is 5.74. The van der Waals surface area contributed by atoms with E-state index in [9.17, 15) is 0 Å². The van der Waals surface area contributed by atoms with E-state index in [1.54, 1.807) is 0 Å². The largest absolute Gasteiger partial charge is 0.101 e. The highest BCUT2D eigenvalue weighted by Gasteiger charge is 1.98. The highest BCUT2D eigenvalue weighted by molar-refractivity contribution is 6.70. The second-order valence-corrected chi connectivity index (χ2v) is 6.13. The Bertz CT molecular complexity index is 298. The molecule has 0 saturated carbocycles. The SMILES string of the molecule is CC#Cc1ccc([SiH](C)C)cc1. The van der Waals surface area contributed by atoms with Crippen LogP contribution in [0.15, 0.2) is 24.3 Å². The Morgan fingerprint density at radius 1 is 1.08 bits per heavy atom. The first-order valence-electron chi connectivity index (χ1n) is 4.26. The van der Waals surface area contributed by atoms with Gasteiger partial charge < -0.3 is 0 Å². The smallest absolute Gasteiger partial charge is 0.0647 e. The molecule has 0 heterocycles. The van der Waals surface area contributed by atoms with Crippen molar-refractivity contribution in [1.29, 1.82) is 0 Å². The molecule has 1 aromatic carbocycles. The van der Waals surface area contributed by atoms with Gasteiger partial charge in [0.25, 0.3) is 0 Å². The highest BCUT2D eigenvalue weighted by atomic mass is 28.3. The second kappa shape index (κ2) is 4.13. The van der Waals surface area contributed by atoms with Gasteiger partial charge in [-0.2, -0.15) is 0 Å². The normalized spacial score (nSPS) is 9.33. The van der Waals surface area contributed by atoms with Crippen LogP contribution >= 0.6 is 0 Å². The Hall–Kier alpha value is -1.00. The van der Waals surface area contributed by atoms with Gasteiger partial charge in [0.05, 0.1) is 8.80 Å². The van der Waals surface area contributed by atoms with Gasteiger partial charge >= 0.3 is 0 Å². The van der Waals surface area contributed by atoms with Crippen LogP contribution in [0.25, 0.3) is 0 Å². The molecule has 0 aliphatic rings. The maximum absolute atomic E-state index is 3.04. The van der Waals surface area contributed by atoms with Crippen molar-refractivity contribution in [2.24, 2.45) is 0 Å². The predicted molar refractivity (Wildman–Crippen MR) is 57.5 cm³/mol. The van der Waals surface area contributed by atoms with Crippen LogP contribution in [-0.4, -0.2) is 8.80 Å². The van der Waals surface area contributed by atoms with Crippen molar-refractivity contribution < 1.29 is 0 Å². The summed E-state index contributed by atoms with van der Waals surface area (Å²) >= 11 is 0. The Kier molecular flexibility index (Phi) is 3.13. The van der Waals surface area contributed by atoms with Crippen LogP contribution in [0.3, 0.4) is 0 Å². The molecule has 0 N–H and O–H groups in total. The predicted octanol–water partition coefficient (Wildman–Crippen LogP) is 1.75. The van der Waals surface area contributed by atoms with E-state index >= 15 is 0 Å². The molecule has 1 aromatic rings. The molecule has 0 aliphatic heterocycles. The van der Waals surface area contributed by atoms with Gasteiger partial charge in [-0.05, 0) is 19.1 Å². The average Bonchev–Trinajstić information content (AvgIpc) is 2.06. The third kappa shape index (κ3) is 2.25. The summed E-state index contributed by atoms with van der Waals surface area (Å²) in [6.07, 6.45) is 0. The Morgan fingerprint density at radius 3 is 2.08 bits per heavy atom. The van der Waals surface area contributed by atoms with Crippen molar-refractivity contribution in [3.63, 3.8) is 0 Å². The fourth-order valence-corrected chi connectivity index (χ4v) is 2.06. The lowest BCUT2D eigenvalue weighted by Crippen LogP contribution is -2.21. The van der Waals surface area contributed by atoms with Gasteiger partial charge in [-0.1, -0.05) is 36.3 Å². The van der Waals surface area contributed by atoms with E-state index in [1.165, 1.54) is 5.19 Å². The molecule has 0 bridgehead atoms. The van der Waals surface area contributed by atoms with E-state index in [1.807, 2.05) is 6.92 Å². The van der Waals surface area contributed by atoms with E-state index in [0.29, 0.717) is 0 Å². The van der Waals surface area contributed by atoms with Crippen LogP contribution in [0.2, 0.25) is 13.1 Å². The van der Waals surface area contributed by atoms with Crippen molar-refractivity contribution in [3.05, 3.63) is 29.8 Å².